The molecule has 1 atom stereocenters. The number of anilines is 1. The summed E-state index contributed by atoms with van der Waals surface area (Å²) in [4.78, 5) is 27.6. The number of hydrogen-bond acceptors (Lipinski definition) is 6. The smallest absolute Gasteiger partial charge is 0.300 e. The van der Waals surface area contributed by atoms with Crippen molar-refractivity contribution < 1.29 is 29.0 Å². The number of phenols is 1. The molecule has 1 aromatic heterocycles. The molecule has 4 rings (SSSR count). The molecular formula is C27H27NO6. The summed E-state index contributed by atoms with van der Waals surface area (Å²) < 4.78 is 11.5. The van der Waals surface area contributed by atoms with Crippen LogP contribution in [0, 0.1) is 19.8 Å². The molecule has 2 N–H and O–H groups in total. The number of aliphatic hydroxyl groups is 1. The van der Waals surface area contributed by atoms with Gasteiger partial charge in [-0.05, 0) is 61.7 Å². The fourth-order valence-corrected chi connectivity index (χ4v) is 3.93. The van der Waals surface area contributed by atoms with Gasteiger partial charge in [-0.3, -0.25) is 14.5 Å². The van der Waals surface area contributed by atoms with E-state index >= 15 is 0 Å². The summed E-state index contributed by atoms with van der Waals surface area (Å²) in [6, 6.07) is 13.8. The first-order valence-electron chi connectivity index (χ1n) is 11.1. The van der Waals surface area contributed by atoms with Gasteiger partial charge in [-0.1, -0.05) is 32.0 Å². The maximum absolute atomic E-state index is 13.2. The fourth-order valence-electron chi connectivity index (χ4n) is 3.93. The molecule has 1 saturated heterocycles. The van der Waals surface area contributed by atoms with E-state index in [2.05, 4.69) is 0 Å². The van der Waals surface area contributed by atoms with E-state index in [4.69, 9.17) is 9.15 Å². The van der Waals surface area contributed by atoms with E-state index in [9.17, 15) is 19.8 Å². The first kappa shape index (κ1) is 23.2. The van der Waals surface area contributed by atoms with Crippen LogP contribution in [0.2, 0.25) is 0 Å². The molecule has 0 spiro atoms. The number of furan rings is 1. The van der Waals surface area contributed by atoms with Crippen LogP contribution < -0.4 is 9.64 Å². The molecule has 7 nitrogen and oxygen atoms in total. The number of phenolic OH excluding ortho intramolecular Hbond substituents is 1. The van der Waals surface area contributed by atoms with Gasteiger partial charge in [0.2, 0.25) is 0 Å². The number of ether oxygens (including phenoxy) is 1. The summed E-state index contributed by atoms with van der Waals surface area (Å²) in [5.41, 5.74) is 1.16. The second kappa shape index (κ2) is 9.09. The molecule has 2 aromatic carbocycles. The Morgan fingerprint density at radius 3 is 2.53 bits per heavy atom. The molecule has 0 saturated carbocycles. The van der Waals surface area contributed by atoms with Crippen molar-refractivity contribution in [2.45, 2.75) is 33.7 Å². The third-order valence-electron chi connectivity index (χ3n) is 5.56. The number of benzene rings is 2. The molecule has 1 unspecified atom stereocenters. The topological polar surface area (TPSA) is 100 Å². The van der Waals surface area contributed by atoms with Gasteiger partial charge in [-0.25, -0.2) is 0 Å². The number of amides is 1. The van der Waals surface area contributed by atoms with E-state index in [0.717, 1.165) is 5.56 Å². The highest BCUT2D eigenvalue weighted by atomic mass is 16.5. The Bertz CT molecular complexity index is 1290. The summed E-state index contributed by atoms with van der Waals surface area (Å²) in [6.45, 7) is 8.10. The summed E-state index contributed by atoms with van der Waals surface area (Å²) in [6.07, 6.45) is 0. The van der Waals surface area contributed by atoms with Crippen LogP contribution in [-0.4, -0.2) is 28.5 Å². The summed E-state index contributed by atoms with van der Waals surface area (Å²) in [5, 5.41) is 21.8. The van der Waals surface area contributed by atoms with Crippen molar-refractivity contribution in [1.29, 1.82) is 0 Å². The van der Waals surface area contributed by atoms with Crippen molar-refractivity contribution in [3.05, 3.63) is 82.8 Å². The lowest BCUT2D eigenvalue weighted by molar-refractivity contribution is -0.132. The normalized spacial score (nSPS) is 17.6. The summed E-state index contributed by atoms with van der Waals surface area (Å²) in [5.74, 6) is -0.517. The van der Waals surface area contributed by atoms with Gasteiger partial charge in [0.05, 0.1) is 17.9 Å². The number of aryl methyl sites for hydroxylation is 2. The number of nitrogens with zero attached hydrogens (tertiary/aromatic N) is 1. The molecule has 1 aliphatic heterocycles. The van der Waals surface area contributed by atoms with Gasteiger partial charge < -0.3 is 19.4 Å². The highest BCUT2D eigenvalue weighted by Gasteiger charge is 2.49. The Balaban J connectivity index is 1.88. The van der Waals surface area contributed by atoms with Crippen LogP contribution in [0.15, 0.2) is 64.6 Å². The molecule has 34 heavy (non-hydrogen) atoms. The van der Waals surface area contributed by atoms with Crippen LogP contribution in [0.5, 0.6) is 11.5 Å². The standard InChI is InChI=1S/C27H27NO6/c1-15(2)14-33-19-7-5-6-18(13-19)25(30)23-24(22-11-9-17(4)34-22)28(27(32)26(23)31)20-12-16(3)8-10-21(20)29/h5-13,15,24,29-30H,14H2,1-4H3/b25-23-. The van der Waals surface area contributed by atoms with Crippen molar-refractivity contribution in [1.82, 2.24) is 0 Å². The van der Waals surface area contributed by atoms with Gasteiger partial charge in [-0.2, -0.15) is 0 Å². The zero-order chi connectivity index (χ0) is 24.6. The van der Waals surface area contributed by atoms with Crippen LogP contribution in [0.1, 0.15) is 42.5 Å². The number of carbonyl (C=O) groups excluding carboxylic acids is 2. The summed E-state index contributed by atoms with van der Waals surface area (Å²) in [7, 11) is 0. The Hall–Kier alpha value is -4.00. The van der Waals surface area contributed by atoms with Gasteiger partial charge in [0.25, 0.3) is 11.7 Å². The molecule has 0 bridgehead atoms. The van der Waals surface area contributed by atoms with Crippen molar-refractivity contribution in [2.75, 3.05) is 11.5 Å². The van der Waals surface area contributed by atoms with Gasteiger partial charge in [0.15, 0.2) is 0 Å². The van der Waals surface area contributed by atoms with E-state index in [0.29, 0.717) is 35.4 Å². The molecule has 2 heterocycles. The Kier molecular flexibility index (Phi) is 6.20. The lowest BCUT2D eigenvalue weighted by atomic mass is 9.99. The molecular weight excluding hydrogens is 434 g/mol. The maximum atomic E-state index is 13.2. The molecule has 1 amide bonds. The number of aromatic hydroxyl groups is 1. The predicted molar refractivity (Wildman–Crippen MR) is 128 cm³/mol. The third kappa shape index (κ3) is 4.29. The molecule has 7 heteroatoms. The van der Waals surface area contributed by atoms with Crippen molar-refractivity contribution in [3.8, 4) is 11.5 Å². The van der Waals surface area contributed by atoms with E-state index in [1.54, 1.807) is 55.5 Å². The van der Waals surface area contributed by atoms with Crippen molar-refractivity contribution in [3.63, 3.8) is 0 Å². The van der Waals surface area contributed by atoms with Gasteiger partial charge >= 0.3 is 0 Å². The van der Waals surface area contributed by atoms with Crippen LogP contribution in [0.4, 0.5) is 5.69 Å². The van der Waals surface area contributed by atoms with Crippen LogP contribution >= 0.6 is 0 Å². The van der Waals surface area contributed by atoms with Crippen LogP contribution in [0.25, 0.3) is 5.76 Å². The molecule has 0 radical (unpaired) electrons. The summed E-state index contributed by atoms with van der Waals surface area (Å²) >= 11 is 0. The Labute approximate surface area is 197 Å². The van der Waals surface area contributed by atoms with Crippen molar-refractivity contribution >= 4 is 23.1 Å². The largest absolute Gasteiger partial charge is 0.507 e. The minimum atomic E-state index is -1.05. The van der Waals surface area contributed by atoms with Crippen LogP contribution in [0.3, 0.4) is 0 Å². The lowest BCUT2D eigenvalue weighted by Gasteiger charge is -2.24. The maximum Gasteiger partial charge on any atom is 0.300 e. The number of ketones is 1. The van der Waals surface area contributed by atoms with E-state index in [-0.39, 0.29) is 22.8 Å². The number of aliphatic hydroxyl groups excluding tert-OH is 1. The number of rotatable bonds is 6. The minimum Gasteiger partial charge on any atom is -0.507 e. The van der Waals surface area contributed by atoms with Gasteiger partial charge in [-0.15, -0.1) is 0 Å². The second-order valence-corrected chi connectivity index (χ2v) is 8.84. The number of carbonyl (C=O) groups is 2. The zero-order valence-electron chi connectivity index (χ0n) is 19.5. The molecule has 176 valence electrons. The molecule has 0 aliphatic carbocycles. The average molecular weight is 462 g/mol. The third-order valence-corrected chi connectivity index (χ3v) is 5.56. The SMILES string of the molecule is Cc1ccc(O)c(N2C(=O)C(=O)/C(=C(\O)c3cccc(OCC(C)C)c3)C2c2ccc(C)o2)c1. The Morgan fingerprint density at radius 2 is 1.85 bits per heavy atom. The van der Waals surface area contributed by atoms with E-state index < -0.39 is 17.7 Å². The molecule has 1 fully saturated rings. The quantitative estimate of drug-likeness (QED) is 0.295. The number of hydrogen-bond donors (Lipinski definition) is 2. The van der Waals surface area contributed by atoms with E-state index in [1.807, 2.05) is 20.8 Å². The first-order chi connectivity index (χ1) is 16.2. The predicted octanol–water partition coefficient (Wildman–Crippen LogP) is 5.26. The fraction of sp³-hybridized carbons (Fsp3) is 0.259. The highest BCUT2D eigenvalue weighted by Crippen LogP contribution is 2.45. The Morgan fingerprint density at radius 1 is 1.09 bits per heavy atom. The van der Waals surface area contributed by atoms with Crippen molar-refractivity contribution in [2.24, 2.45) is 5.92 Å². The van der Waals surface area contributed by atoms with Gasteiger partial charge in [0.1, 0.15) is 34.8 Å². The second-order valence-electron chi connectivity index (χ2n) is 8.84. The first-order valence-corrected chi connectivity index (χ1v) is 11.1. The van der Waals surface area contributed by atoms with Gasteiger partial charge in [0, 0.05) is 5.56 Å². The average Bonchev–Trinajstić information content (AvgIpc) is 3.34. The van der Waals surface area contributed by atoms with Crippen LogP contribution in [-0.2, 0) is 9.59 Å². The monoisotopic (exact) mass is 461 g/mol. The number of Topliss-reactive ketones (excluding diaryl/α,β-unsaturated/α-hetero) is 1. The highest BCUT2D eigenvalue weighted by molar-refractivity contribution is 6.51. The molecule has 1 aliphatic rings. The lowest BCUT2D eigenvalue weighted by Crippen LogP contribution is -2.29. The molecule has 3 aromatic rings. The zero-order valence-corrected chi connectivity index (χ0v) is 19.5. The minimum absolute atomic E-state index is 0.124. The van der Waals surface area contributed by atoms with E-state index in [1.165, 1.54) is 11.0 Å².